The van der Waals surface area contributed by atoms with Crippen LogP contribution in [-0.2, 0) is 6.42 Å². The number of aromatic nitrogens is 1. The Bertz CT molecular complexity index is 217. The van der Waals surface area contributed by atoms with Crippen LogP contribution in [0, 0.1) is 6.07 Å². The van der Waals surface area contributed by atoms with Crippen LogP contribution in [-0.4, -0.2) is 11.2 Å². The van der Waals surface area contributed by atoms with Gasteiger partial charge < -0.3 is 0 Å². The van der Waals surface area contributed by atoms with Crippen LogP contribution in [0.25, 0.3) is 0 Å². The lowest BCUT2D eigenvalue weighted by Crippen LogP contribution is -2.11. The molecule has 1 aromatic rings. The van der Waals surface area contributed by atoms with E-state index in [2.05, 4.69) is 11.1 Å². The van der Waals surface area contributed by atoms with E-state index in [-0.39, 0.29) is 5.56 Å². The maximum atomic E-state index is 11.7. The molecule has 1 aromatic heterocycles. The van der Waals surface area contributed by atoms with Crippen LogP contribution < -0.4 is 0 Å². The van der Waals surface area contributed by atoms with Crippen molar-refractivity contribution in [2.24, 2.45) is 0 Å². The molecule has 0 bridgehead atoms. The summed E-state index contributed by atoms with van der Waals surface area (Å²) in [5.74, 6) is 0. The topological polar surface area (TPSA) is 12.9 Å². The molecule has 59 valence electrons. The van der Waals surface area contributed by atoms with Gasteiger partial charge in [-0.15, -0.1) is 0 Å². The second kappa shape index (κ2) is 2.90. The molecule has 0 N–H and O–H groups in total. The molecule has 0 aliphatic carbocycles. The van der Waals surface area contributed by atoms with E-state index >= 15 is 0 Å². The number of rotatable bonds is 1. The molecule has 0 amide bonds. The van der Waals surface area contributed by atoms with Crippen LogP contribution in [0.5, 0.6) is 0 Å². The Morgan fingerprint density at radius 2 is 2.18 bits per heavy atom. The molecule has 0 aliphatic rings. The molecule has 0 spiro atoms. The van der Waals surface area contributed by atoms with Gasteiger partial charge in [-0.05, 0) is 11.6 Å². The van der Waals surface area contributed by atoms with Crippen LogP contribution >= 0.6 is 0 Å². The van der Waals surface area contributed by atoms with E-state index in [0.717, 1.165) is 0 Å². The second-order valence-electron chi connectivity index (χ2n) is 2.09. The third kappa shape index (κ3) is 3.02. The van der Waals surface area contributed by atoms with Crippen LogP contribution in [0.4, 0.5) is 13.2 Å². The lowest BCUT2D eigenvalue weighted by atomic mass is 10.2. The summed E-state index contributed by atoms with van der Waals surface area (Å²) in [6.07, 6.45) is -2.59. The molecule has 1 radical (unpaired) electrons. The molecule has 0 fully saturated rings. The SMILES string of the molecule is FC(F)(F)Cc1c[c]cnc1. The van der Waals surface area contributed by atoms with Gasteiger partial charge in [-0.3, -0.25) is 4.98 Å². The lowest BCUT2D eigenvalue weighted by molar-refractivity contribution is -0.127. The van der Waals surface area contributed by atoms with Gasteiger partial charge in [0.05, 0.1) is 6.42 Å². The Hall–Kier alpha value is -1.06. The smallest absolute Gasteiger partial charge is 0.264 e. The van der Waals surface area contributed by atoms with Crippen LogP contribution in [0.2, 0.25) is 0 Å². The van der Waals surface area contributed by atoms with Crippen LogP contribution in [0.3, 0.4) is 0 Å². The lowest BCUT2D eigenvalue weighted by Gasteiger charge is -2.03. The van der Waals surface area contributed by atoms with Gasteiger partial charge in [0, 0.05) is 18.5 Å². The Kier molecular flexibility index (Phi) is 2.12. The van der Waals surface area contributed by atoms with E-state index in [1.807, 2.05) is 0 Å². The third-order valence-electron chi connectivity index (χ3n) is 1.06. The van der Waals surface area contributed by atoms with E-state index in [1.54, 1.807) is 0 Å². The summed E-state index contributed by atoms with van der Waals surface area (Å²) < 4.78 is 35.1. The van der Waals surface area contributed by atoms with Crippen molar-refractivity contribution >= 4 is 0 Å². The van der Waals surface area contributed by atoms with Crippen molar-refractivity contribution in [1.82, 2.24) is 4.98 Å². The first-order valence-corrected chi connectivity index (χ1v) is 2.95. The highest BCUT2D eigenvalue weighted by Gasteiger charge is 2.27. The molecule has 0 aromatic carbocycles. The van der Waals surface area contributed by atoms with Crippen LogP contribution in [0.1, 0.15) is 5.56 Å². The van der Waals surface area contributed by atoms with Crippen molar-refractivity contribution in [3.63, 3.8) is 0 Å². The Balaban J connectivity index is 2.66. The summed E-state index contributed by atoms with van der Waals surface area (Å²) in [4.78, 5) is 3.51. The summed E-state index contributed by atoms with van der Waals surface area (Å²) >= 11 is 0. The monoisotopic (exact) mass is 160 g/mol. The zero-order valence-corrected chi connectivity index (χ0v) is 5.52. The van der Waals surface area contributed by atoms with Crippen molar-refractivity contribution in [3.8, 4) is 0 Å². The minimum Gasteiger partial charge on any atom is -0.264 e. The molecule has 0 unspecified atom stereocenters. The van der Waals surface area contributed by atoms with Gasteiger partial charge in [0.25, 0.3) is 0 Å². The summed E-state index contributed by atoms with van der Waals surface area (Å²) in [5.41, 5.74) is 0.139. The first-order chi connectivity index (χ1) is 5.08. The van der Waals surface area contributed by atoms with Gasteiger partial charge >= 0.3 is 6.18 Å². The quantitative estimate of drug-likeness (QED) is 0.612. The number of halogens is 3. The van der Waals surface area contributed by atoms with E-state index in [4.69, 9.17) is 0 Å². The Morgan fingerprint density at radius 3 is 2.64 bits per heavy atom. The summed E-state index contributed by atoms with van der Waals surface area (Å²) in [6, 6.07) is 3.75. The fourth-order valence-electron chi connectivity index (χ4n) is 0.686. The Labute approximate surface area is 61.9 Å². The van der Waals surface area contributed by atoms with E-state index < -0.39 is 12.6 Å². The third-order valence-corrected chi connectivity index (χ3v) is 1.06. The molecular formula is C7H5F3N. The van der Waals surface area contributed by atoms with Crippen molar-refractivity contribution in [3.05, 3.63) is 30.1 Å². The molecule has 0 saturated heterocycles. The predicted octanol–water partition coefficient (Wildman–Crippen LogP) is 1.99. The molecule has 1 heterocycles. The molecule has 0 saturated carbocycles. The van der Waals surface area contributed by atoms with Crippen molar-refractivity contribution in [1.29, 1.82) is 0 Å². The first-order valence-electron chi connectivity index (χ1n) is 2.95. The maximum Gasteiger partial charge on any atom is 0.393 e. The molecule has 11 heavy (non-hydrogen) atoms. The maximum absolute atomic E-state index is 11.7. The Morgan fingerprint density at radius 1 is 1.45 bits per heavy atom. The highest BCUT2D eigenvalue weighted by molar-refractivity contribution is 5.08. The first kappa shape index (κ1) is 8.04. The zero-order valence-electron chi connectivity index (χ0n) is 5.52. The van der Waals surface area contributed by atoms with Gasteiger partial charge in [-0.1, -0.05) is 0 Å². The molecule has 4 heteroatoms. The largest absolute Gasteiger partial charge is 0.393 e. The molecular weight excluding hydrogens is 155 g/mol. The number of hydrogen-bond acceptors (Lipinski definition) is 1. The van der Waals surface area contributed by atoms with Crippen LogP contribution in [0.15, 0.2) is 18.5 Å². The minimum atomic E-state index is -4.16. The highest BCUT2D eigenvalue weighted by Crippen LogP contribution is 2.19. The number of hydrogen-bond donors (Lipinski definition) is 0. The van der Waals surface area contributed by atoms with E-state index in [1.165, 1.54) is 18.5 Å². The van der Waals surface area contributed by atoms with E-state index in [9.17, 15) is 13.2 Å². The van der Waals surface area contributed by atoms with Gasteiger partial charge in [-0.2, -0.15) is 13.2 Å². The van der Waals surface area contributed by atoms with Crippen molar-refractivity contribution in [2.75, 3.05) is 0 Å². The number of pyridine rings is 1. The van der Waals surface area contributed by atoms with Gasteiger partial charge in [0.2, 0.25) is 0 Å². The average Bonchev–Trinajstić information content (AvgIpc) is 1.85. The summed E-state index contributed by atoms with van der Waals surface area (Å²) in [6.45, 7) is 0. The zero-order chi connectivity index (χ0) is 8.32. The van der Waals surface area contributed by atoms with Crippen molar-refractivity contribution in [2.45, 2.75) is 12.6 Å². The summed E-state index contributed by atoms with van der Waals surface area (Å²) in [5, 5.41) is 0. The van der Waals surface area contributed by atoms with Gasteiger partial charge in [0.1, 0.15) is 0 Å². The second-order valence-corrected chi connectivity index (χ2v) is 2.09. The number of alkyl halides is 3. The standard InChI is InChI=1S/C7H5F3N/c8-7(9,10)4-6-2-1-3-11-5-6/h2-3,5H,4H2. The highest BCUT2D eigenvalue weighted by atomic mass is 19.4. The minimum absolute atomic E-state index is 0.139. The van der Waals surface area contributed by atoms with Gasteiger partial charge in [0.15, 0.2) is 0 Å². The average molecular weight is 160 g/mol. The van der Waals surface area contributed by atoms with E-state index in [0.29, 0.717) is 0 Å². The summed E-state index contributed by atoms with van der Waals surface area (Å²) in [7, 11) is 0. The molecule has 0 aliphatic heterocycles. The van der Waals surface area contributed by atoms with Crippen molar-refractivity contribution < 1.29 is 13.2 Å². The molecule has 1 rings (SSSR count). The van der Waals surface area contributed by atoms with Gasteiger partial charge in [-0.25, -0.2) is 0 Å². The fourth-order valence-corrected chi connectivity index (χ4v) is 0.686. The fraction of sp³-hybridized carbons (Fsp3) is 0.286. The molecule has 0 atom stereocenters. The number of nitrogens with zero attached hydrogens (tertiary/aromatic N) is 1. The normalized spacial score (nSPS) is 11.5. The predicted molar refractivity (Wildman–Crippen MR) is 32.8 cm³/mol. The molecule has 1 nitrogen and oxygen atoms in total.